The lowest BCUT2D eigenvalue weighted by Crippen LogP contribution is -2.35. The summed E-state index contributed by atoms with van der Waals surface area (Å²) in [5.74, 6) is -0.588. The van der Waals surface area contributed by atoms with Gasteiger partial charge in [-0.3, -0.25) is 4.79 Å². The van der Waals surface area contributed by atoms with Crippen molar-refractivity contribution in [2.24, 2.45) is 0 Å². The molecule has 0 fully saturated rings. The van der Waals surface area contributed by atoms with Crippen LogP contribution in [0.1, 0.15) is 21.5 Å². The lowest BCUT2D eigenvalue weighted by Gasteiger charge is -2.21. The molecule has 2 aromatic rings. The Morgan fingerprint density at radius 2 is 1.83 bits per heavy atom. The van der Waals surface area contributed by atoms with Gasteiger partial charge in [0, 0.05) is 5.56 Å². The van der Waals surface area contributed by atoms with Gasteiger partial charge in [-0.05, 0) is 23.8 Å². The van der Waals surface area contributed by atoms with Gasteiger partial charge in [-0.15, -0.1) is 0 Å². The molecule has 118 valence electrons. The maximum Gasteiger partial charge on any atom is 0.339 e. The van der Waals surface area contributed by atoms with E-state index in [4.69, 9.17) is 9.47 Å². The summed E-state index contributed by atoms with van der Waals surface area (Å²) in [6.45, 7) is 0. The fraction of sp³-hybridized carbons (Fsp3) is 0.176. The Balaban J connectivity index is 2.15. The van der Waals surface area contributed by atoms with Crippen molar-refractivity contribution in [3.63, 3.8) is 0 Å². The Hall–Kier alpha value is -2.86. The highest BCUT2D eigenvalue weighted by atomic mass is 16.5. The predicted octanol–water partition coefficient (Wildman–Crippen LogP) is 1.67. The van der Waals surface area contributed by atoms with E-state index in [-0.39, 0.29) is 11.3 Å². The van der Waals surface area contributed by atoms with E-state index in [0.717, 1.165) is 0 Å². The Kier molecular flexibility index (Phi) is 3.54. The van der Waals surface area contributed by atoms with E-state index in [1.807, 2.05) is 0 Å². The highest BCUT2D eigenvalue weighted by Gasteiger charge is 2.48. The number of carbonyl (C=O) groups is 2. The smallest absolute Gasteiger partial charge is 0.339 e. The van der Waals surface area contributed by atoms with Crippen LogP contribution in [0, 0.1) is 0 Å². The molecule has 0 saturated heterocycles. The first kappa shape index (κ1) is 15.1. The number of anilines is 1. The first-order valence-electron chi connectivity index (χ1n) is 6.92. The molecule has 0 saturated carbocycles. The van der Waals surface area contributed by atoms with E-state index in [1.54, 1.807) is 36.4 Å². The van der Waals surface area contributed by atoms with Crippen molar-refractivity contribution >= 4 is 17.6 Å². The molecule has 0 spiro atoms. The Morgan fingerprint density at radius 1 is 1.13 bits per heavy atom. The molecule has 3 rings (SSSR count). The second kappa shape index (κ2) is 5.40. The quantitative estimate of drug-likeness (QED) is 0.842. The molecule has 1 atom stereocenters. The Labute approximate surface area is 132 Å². The molecule has 0 aliphatic carbocycles. The van der Waals surface area contributed by atoms with E-state index in [1.165, 1.54) is 20.3 Å². The fourth-order valence-electron chi connectivity index (χ4n) is 2.71. The molecule has 1 aliphatic heterocycles. The number of hydrogen-bond donors (Lipinski definition) is 2. The van der Waals surface area contributed by atoms with Crippen molar-refractivity contribution < 1.29 is 24.2 Å². The zero-order valence-corrected chi connectivity index (χ0v) is 12.6. The van der Waals surface area contributed by atoms with Crippen LogP contribution in [0.5, 0.6) is 5.75 Å². The van der Waals surface area contributed by atoms with Crippen LogP contribution in [0.3, 0.4) is 0 Å². The van der Waals surface area contributed by atoms with Gasteiger partial charge in [0.1, 0.15) is 5.75 Å². The number of hydrogen-bond acceptors (Lipinski definition) is 5. The van der Waals surface area contributed by atoms with Gasteiger partial charge >= 0.3 is 5.97 Å². The van der Waals surface area contributed by atoms with Crippen LogP contribution in [-0.4, -0.2) is 31.2 Å². The minimum Gasteiger partial charge on any atom is -0.497 e. The summed E-state index contributed by atoms with van der Waals surface area (Å²) < 4.78 is 9.80. The topological polar surface area (TPSA) is 84.9 Å². The normalized spacial score (nSPS) is 19.0. The number of fused-ring (bicyclic) bond motifs is 1. The van der Waals surface area contributed by atoms with E-state index in [0.29, 0.717) is 16.9 Å². The van der Waals surface area contributed by atoms with Crippen LogP contribution >= 0.6 is 0 Å². The van der Waals surface area contributed by atoms with Gasteiger partial charge in [0.15, 0.2) is 5.60 Å². The number of aliphatic hydroxyl groups is 1. The molecule has 0 radical (unpaired) electrons. The zero-order valence-electron chi connectivity index (χ0n) is 12.6. The third-order valence-electron chi connectivity index (χ3n) is 3.93. The first-order chi connectivity index (χ1) is 11.0. The molecule has 2 aromatic carbocycles. The molecule has 0 aromatic heterocycles. The van der Waals surface area contributed by atoms with Crippen LogP contribution in [0.15, 0.2) is 42.5 Å². The van der Waals surface area contributed by atoms with E-state index in [9.17, 15) is 14.7 Å². The maximum absolute atomic E-state index is 12.4. The minimum absolute atomic E-state index is 0.197. The first-order valence-corrected chi connectivity index (χ1v) is 6.92. The summed E-state index contributed by atoms with van der Waals surface area (Å²) in [5, 5.41) is 13.6. The summed E-state index contributed by atoms with van der Waals surface area (Å²) in [6.07, 6.45) is 0. The molecular weight excluding hydrogens is 298 g/mol. The zero-order chi connectivity index (χ0) is 16.6. The van der Waals surface area contributed by atoms with Crippen LogP contribution < -0.4 is 10.1 Å². The molecule has 6 nitrogen and oxygen atoms in total. The number of rotatable bonds is 3. The summed E-state index contributed by atoms with van der Waals surface area (Å²) in [5.41, 5.74) is -0.705. The van der Waals surface area contributed by atoms with Crippen molar-refractivity contribution in [3.05, 3.63) is 59.2 Å². The molecule has 0 bridgehead atoms. The lowest BCUT2D eigenvalue weighted by molar-refractivity contribution is -0.129. The average Bonchev–Trinajstić information content (AvgIpc) is 2.86. The standard InChI is InChI=1S/C17H15NO5/c1-22-11-8-6-10(7-9-11)17(21)13-5-3-4-12(15(19)23-2)14(13)18-16(17)20/h3-9,21H,1-2H3,(H,18,20). The lowest BCUT2D eigenvalue weighted by atomic mass is 9.87. The van der Waals surface area contributed by atoms with Crippen molar-refractivity contribution in [1.29, 1.82) is 0 Å². The second-order valence-electron chi connectivity index (χ2n) is 5.11. The summed E-state index contributed by atoms with van der Waals surface area (Å²) in [4.78, 5) is 24.3. The SMILES string of the molecule is COC(=O)c1cccc2c1NC(=O)C2(O)c1ccc(OC)cc1. The van der Waals surface area contributed by atoms with Crippen molar-refractivity contribution in [3.8, 4) is 5.75 Å². The number of esters is 1. The molecular formula is C17H15NO5. The van der Waals surface area contributed by atoms with Gasteiger partial charge in [-0.25, -0.2) is 4.79 Å². The number of ether oxygens (including phenoxy) is 2. The number of amides is 1. The minimum atomic E-state index is -1.87. The Bertz CT molecular complexity index is 784. The average molecular weight is 313 g/mol. The number of benzene rings is 2. The van der Waals surface area contributed by atoms with E-state index >= 15 is 0 Å². The summed E-state index contributed by atoms with van der Waals surface area (Å²) in [7, 11) is 2.79. The predicted molar refractivity (Wildman–Crippen MR) is 82.4 cm³/mol. The van der Waals surface area contributed by atoms with Crippen LogP contribution in [-0.2, 0) is 15.1 Å². The van der Waals surface area contributed by atoms with Gasteiger partial charge in [0.05, 0.1) is 25.5 Å². The van der Waals surface area contributed by atoms with Crippen molar-refractivity contribution in [2.75, 3.05) is 19.5 Å². The molecule has 1 heterocycles. The van der Waals surface area contributed by atoms with Crippen LogP contribution in [0.4, 0.5) is 5.69 Å². The van der Waals surface area contributed by atoms with Gasteiger partial charge in [-0.2, -0.15) is 0 Å². The molecule has 23 heavy (non-hydrogen) atoms. The summed E-state index contributed by atoms with van der Waals surface area (Å²) in [6, 6.07) is 11.3. The van der Waals surface area contributed by atoms with Gasteiger partial charge in [-0.1, -0.05) is 24.3 Å². The Morgan fingerprint density at radius 3 is 2.43 bits per heavy atom. The molecule has 6 heteroatoms. The van der Waals surface area contributed by atoms with Gasteiger partial charge < -0.3 is 19.9 Å². The van der Waals surface area contributed by atoms with Gasteiger partial charge in [0.2, 0.25) is 0 Å². The van der Waals surface area contributed by atoms with Crippen molar-refractivity contribution in [2.45, 2.75) is 5.60 Å². The van der Waals surface area contributed by atoms with Crippen LogP contribution in [0.25, 0.3) is 0 Å². The third-order valence-corrected chi connectivity index (χ3v) is 3.93. The fourth-order valence-corrected chi connectivity index (χ4v) is 2.71. The highest BCUT2D eigenvalue weighted by molar-refractivity contribution is 6.12. The maximum atomic E-state index is 12.4. The number of methoxy groups -OCH3 is 2. The summed E-state index contributed by atoms with van der Waals surface area (Å²) >= 11 is 0. The third kappa shape index (κ3) is 2.15. The molecule has 1 aliphatic rings. The molecule has 1 unspecified atom stereocenters. The van der Waals surface area contributed by atoms with E-state index < -0.39 is 17.5 Å². The second-order valence-corrected chi connectivity index (χ2v) is 5.11. The monoisotopic (exact) mass is 313 g/mol. The largest absolute Gasteiger partial charge is 0.497 e. The van der Waals surface area contributed by atoms with Crippen LogP contribution in [0.2, 0.25) is 0 Å². The van der Waals surface area contributed by atoms with Crippen molar-refractivity contribution in [1.82, 2.24) is 0 Å². The number of para-hydroxylation sites is 1. The molecule has 2 N–H and O–H groups in total. The molecule has 1 amide bonds. The van der Waals surface area contributed by atoms with Gasteiger partial charge in [0.25, 0.3) is 5.91 Å². The highest BCUT2D eigenvalue weighted by Crippen LogP contribution is 2.42. The van der Waals surface area contributed by atoms with E-state index in [2.05, 4.69) is 5.32 Å². The number of carbonyl (C=O) groups excluding carboxylic acids is 2. The number of nitrogens with one attached hydrogen (secondary N) is 1.